The van der Waals surface area contributed by atoms with Gasteiger partial charge in [-0.25, -0.2) is 4.79 Å². The standard InChI is InChI=1S/C10H20NO2.ClH/c1-7-11(5,6)9(4)13-10(12)8(2)3;/h9H,2,7H2,1,3-6H3;1H/q+1;/p-1. The minimum Gasteiger partial charge on any atom is -1.00 e. The van der Waals surface area contributed by atoms with E-state index in [1.165, 1.54) is 0 Å². The smallest absolute Gasteiger partial charge is 0.337 e. The van der Waals surface area contributed by atoms with Crippen molar-refractivity contribution in [3.8, 4) is 0 Å². The zero-order valence-corrected chi connectivity index (χ0v) is 10.4. The van der Waals surface area contributed by atoms with Gasteiger partial charge in [0.05, 0.1) is 20.6 Å². The Balaban J connectivity index is 0. The Bertz CT molecular complexity index is 214. The highest BCUT2D eigenvalue weighted by atomic mass is 35.5. The molecule has 84 valence electrons. The molecule has 0 aromatic rings. The van der Waals surface area contributed by atoms with Crippen LogP contribution in [0.15, 0.2) is 12.2 Å². The minimum atomic E-state index is -0.313. The van der Waals surface area contributed by atoms with Crippen molar-refractivity contribution in [1.29, 1.82) is 0 Å². The molecule has 1 unspecified atom stereocenters. The number of rotatable bonds is 4. The fraction of sp³-hybridized carbons (Fsp3) is 0.700. The molecular formula is C10H20ClNO2. The molecule has 0 amide bonds. The van der Waals surface area contributed by atoms with Crippen molar-refractivity contribution in [2.24, 2.45) is 0 Å². The molecule has 0 N–H and O–H groups in total. The molecule has 0 aromatic heterocycles. The van der Waals surface area contributed by atoms with Crippen molar-refractivity contribution in [2.75, 3.05) is 20.6 Å². The third-order valence-corrected chi connectivity index (χ3v) is 2.43. The van der Waals surface area contributed by atoms with Crippen LogP contribution >= 0.6 is 0 Å². The SMILES string of the molecule is C=C(C)C(=O)OC(C)[N+](C)(C)CC.[Cl-]. The van der Waals surface area contributed by atoms with Gasteiger partial charge in [0, 0.05) is 12.5 Å². The van der Waals surface area contributed by atoms with Crippen molar-refractivity contribution in [3.63, 3.8) is 0 Å². The molecule has 0 aliphatic carbocycles. The van der Waals surface area contributed by atoms with E-state index in [0.717, 1.165) is 6.54 Å². The van der Waals surface area contributed by atoms with Crippen LogP contribution < -0.4 is 12.4 Å². The van der Waals surface area contributed by atoms with E-state index in [1.807, 2.05) is 21.0 Å². The van der Waals surface area contributed by atoms with Gasteiger partial charge in [0.25, 0.3) is 0 Å². The first-order valence-electron chi connectivity index (χ1n) is 4.50. The number of hydrogen-bond acceptors (Lipinski definition) is 2. The lowest BCUT2D eigenvalue weighted by atomic mass is 10.3. The minimum absolute atomic E-state index is 0. The topological polar surface area (TPSA) is 26.3 Å². The molecule has 0 rings (SSSR count). The average Bonchev–Trinajstić information content (AvgIpc) is 2.04. The Morgan fingerprint density at radius 2 is 1.93 bits per heavy atom. The summed E-state index contributed by atoms with van der Waals surface area (Å²) < 4.78 is 5.87. The predicted molar refractivity (Wildman–Crippen MR) is 53.0 cm³/mol. The van der Waals surface area contributed by atoms with Crippen molar-refractivity contribution in [1.82, 2.24) is 0 Å². The Labute approximate surface area is 92.7 Å². The summed E-state index contributed by atoms with van der Waals surface area (Å²) in [6, 6.07) is 0. The summed E-state index contributed by atoms with van der Waals surface area (Å²) >= 11 is 0. The number of carbonyl (C=O) groups is 1. The lowest BCUT2D eigenvalue weighted by Crippen LogP contribution is -3.00. The van der Waals surface area contributed by atoms with Gasteiger partial charge >= 0.3 is 5.97 Å². The lowest BCUT2D eigenvalue weighted by Gasteiger charge is -2.33. The second-order valence-corrected chi connectivity index (χ2v) is 3.88. The van der Waals surface area contributed by atoms with Crippen LogP contribution in [-0.4, -0.2) is 37.3 Å². The summed E-state index contributed by atoms with van der Waals surface area (Å²) in [6.07, 6.45) is -0.130. The largest absolute Gasteiger partial charge is 1.00 e. The number of halogens is 1. The highest BCUT2D eigenvalue weighted by molar-refractivity contribution is 5.86. The van der Waals surface area contributed by atoms with Crippen LogP contribution in [-0.2, 0) is 9.53 Å². The summed E-state index contributed by atoms with van der Waals surface area (Å²) in [7, 11) is 4.05. The third-order valence-electron chi connectivity index (χ3n) is 2.43. The molecule has 0 aromatic carbocycles. The van der Waals surface area contributed by atoms with Crippen molar-refractivity contribution < 1.29 is 26.4 Å². The summed E-state index contributed by atoms with van der Waals surface area (Å²) in [5.74, 6) is -0.313. The first-order chi connectivity index (χ1) is 5.81. The van der Waals surface area contributed by atoms with Gasteiger partial charge in [-0.1, -0.05) is 6.58 Å². The van der Waals surface area contributed by atoms with Gasteiger partial charge < -0.3 is 17.1 Å². The number of nitrogens with zero attached hydrogens (tertiary/aromatic N) is 1. The summed E-state index contributed by atoms with van der Waals surface area (Å²) in [6.45, 7) is 10.1. The maximum absolute atomic E-state index is 11.2. The van der Waals surface area contributed by atoms with Gasteiger partial charge in [-0.05, 0) is 13.8 Å². The molecule has 0 aliphatic heterocycles. The number of esters is 1. The quantitative estimate of drug-likeness (QED) is 0.251. The van der Waals surface area contributed by atoms with E-state index in [1.54, 1.807) is 6.92 Å². The Kier molecular flexibility index (Phi) is 6.86. The first-order valence-corrected chi connectivity index (χ1v) is 4.50. The van der Waals surface area contributed by atoms with Gasteiger partial charge in [0.2, 0.25) is 6.23 Å². The van der Waals surface area contributed by atoms with Gasteiger partial charge in [-0.2, -0.15) is 0 Å². The fourth-order valence-electron chi connectivity index (χ4n) is 0.655. The maximum Gasteiger partial charge on any atom is 0.337 e. The molecule has 0 fully saturated rings. The molecule has 0 heterocycles. The van der Waals surface area contributed by atoms with E-state index in [-0.39, 0.29) is 24.6 Å². The van der Waals surface area contributed by atoms with Gasteiger partial charge in [-0.3, -0.25) is 4.48 Å². The van der Waals surface area contributed by atoms with Crippen LogP contribution in [0.5, 0.6) is 0 Å². The second kappa shape index (κ2) is 6.04. The molecule has 0 saturated carbocycles. The van der Waals surface area contributed by atoms with Crippen molar-refractivity contribution >= 4 is 5.97 Å². The molecule has 3 nitrogen and oxygen atoms in total. The predicted octanol–water partition coefficient (Wildman–Crippen LogP) is -1.45. The molecule has 4 heteroatoms. The van der Waals surface area contributed by atoms with Gasteiger partial charge in [0.15, 0.2) is 0 Å². The van der Waals surface area contributed by atoms with E-state index in [0.29, 0.717) is 10.1 Å². The summed E-state index contributed by atoms with van der Waals surface area (Å²) in [5, 5.41) is 0. The zero-order valence-electron chi connectivity index (χ0n) is 9.63. The van der Waals surface area contributed by atoms with Gasteiger partial charge in [-0.15, -0.1) is 0 Å². The molecule has 0 radical (unpaired) electrons. The van der Waals surface area contributed by atoms with Crippen molar-refractivity contribution in [3.05, 3.63) is 12.2 Å². The molecule has 14 heavy (non-hydrogen) atoms. The van der Waals surface area contributed by atoms with Gasteiger partial charge in [0.1, 0.15) is 0 Å². The third kappa shape index (κ3) is 4.63. The number of ether oxygens (including phenoxy) is 1. The highest BCUT2D eigenvalue weighted by Gasteiger charge is 2.25. The maximum atomic E-state index is 11.2. The molecule has 1 atom stereocenters. The van der Waals surface area contributed by atoms with Crippen molar-refractivity contribution in [2.45, 2.75) is 27.0 Å². The van der Waals surface area contributed by atoms with E-state index in [2.05, 4.69) is 13.5 Å². The number of hydrogen-bond donors (Lipinski definition) is 0. The van der Waals surface area contributed by atoms with E-state index in [4.69, 9.17) is 4.74 Å². The zero-order chi connectivity index (χ0) is 10.6. The van der Waals surface area contributed by atoms with Crippen LogP contribution in [0.25, 0.3) is 0 Å². The van der Waals surface area contributed by atoms with E-state index in [9.17, 15) is 4.79 Å². The molecule has 0 bridgehead atoms. The van der Waals surface area contributed by atoms with E-state index < -0.39 is 0 Å². The van der Waals surface area contributed by atoms with Crippen LogP contribution in [0, 0.1) is 0 Å². The molecule has 0 saturated heterocycles. The average molecular weight is 222 g/mol. The molecule has 0 aliphatic rings. The molecular weight excluding hydrogens is 202 g/mol. The summed E-state index contributed by atoms with van der Waals surface area (Å²) in [4.78, 5) is 11.2. The number of carbonyl (C=O) groups excluding carboxylic acids is 1. The van der Waals surface area contributed by atoms with Crippen LogP contribution in [0.2, 0.25) is 0 Å². The number of quaternary nitrogens is 1. The fourth-order valence-corrected chi connectivity index (χ4v) is 0.655. The first kappa shape index (κ1) is 15.9. The Hall–Kier alpha value is -0.540. The highest BCUT2D eigenvalue weighted by Crippen LogP contribution is 2.09. The van der Waals surface area contributed by atoms with Crippen LogP contribution in [0.3, 0.4) is 0 Å². The van der Waals surface area contributed by atoms with Crippen LogP contribution in [0.4, 0.5) is 0 Å². The van der Waals surface area contributed by atoms with E-state index >= 15 is 0 Å². The lowest BCUT2D eigenvalue weighted by molar-refractivity contribution is -0.931. The normalized spacial score (nSPS) is 12.6. The molecule has 0 spiro atoms. The Morgan fingerprint density at radius 1 is 1.50 bits per heavy atom. The Morgan fingerprint density at radius 3 is 2.21 bits per heavy atom. The summed E-state index contributed by atoms with van der Waals surface area (Å²) in [5.41, 5.74) is 0.447. The van der Waals surface area contributed by atoms with Crippen LogP contribution in [0.1, 0.15) is 20.8 Å². The second-order valence-electron chi connectivity index (χ2n) is 3.88. The monoisotopic (exact) mass is 221 g/mol.